The molecular weight excluding hydrogens is 379 g/mol. The average Bonchev–Trinajstić information content (AvgIpc) is 3.33. The Morgan fingerprint density at radius 1 is 1.22 bits per heavy atom. The third-order valence-corrected chi connectivity index (χ3v) is 6.17. The number of fused-ring (bicyclic) bond motifs is 3. The summed E-state index contributed by atoms with van der Waals surface area (Å²) in [5, 5.41) is 2.19. The van der Waals surface area contributed by atoms with Crippen LogP contribution in [0.5, 0.6) is 0 Å². The monoisotopic (exact) mass is 398 g/mol. The maximum absolute atomic E-state index is 6.55. The molecule has 27 heavy (non-hydrogen) atoms. The number of hydrogen-bond donors (Lipinski definition) is 1. The maximum Gasteiger partial charge on any atom is 0.163 e. The third kappa shape index (κ3) is 3.01. The van der Waals surface area contributed by atoms with Crippen LogP contribution in [0.1, 0.15) is 43.5 Å². The normalized spacial score (nSPS) is 20.1. The van der Waals surface area contributed by atoms with E-state index in [-0.39, 0.29) is 0 Å². The van der Waals surface area contributed by atoms with Gasteiger partial charge in [-0.3, -0.25) is 0 Å². The summed E-state index contributed by atoms with van der Waals surface area (Å²) in [5.41, 5.74) is 4.97. The summed E-state index contributed by atoms with van der Waals surface area (Å²) in [6.45, 7) is 2.31. The van der Waals surface area contributed by atoms with E-state index >= 15 is 0 Å². The van der Waals surface area contributed by atoms with Crippen molar-refractivity contribution in [2.45, 2.75) is 38.6 Å². The van der Waals surface area contributed by atoms with E-state index in [1.165, 1.54) is 19.3 Å². The highest BCUT2D eigenvalue weighted by molar-refractivity contribution is 6.35. The van der Waals surface area contributed by atoms with Crippen LogP contribution in [-0.2, 0) is 6.42 Å². The summed E-state index contributed by atoms with van der Waals surface area (Å²) in [6, 6.07) is 10.4. The van der Waals surface area contributed by atoms with Gasteiger partial charge in [0.05, 0.1) is 11.8 Å². The van der Waals surface area contributed by atoms with Crippen molar-refractivity contribution in [1.29, 1.82) is 0 Å². The van der Waals surface area contributed by atoms with E-state index in [1.54, 1.807) is 0 Å². The molecule has 138 valence electrons. The van der Waals surface area contributed by atoms with Gasteiger partial charge in [-0.25, -0.2) is 9.97 Å². The first-order valence-corrected chi connectivity index (χ1v) is 10.1. The lowest BCUT2D eigenvalue weighted by Crippen LogP contribution is -2.04. The zero-order chi connectivity index (χ0) is 18.5. The number of hydrogen-bond acceptors (Lipinski definition) is 2. The number of H-pyrrole nitrogens is 1. The quantitative estimate of drug-likeness (QED) is 0.419. The molecule has 1 fully saturated rings. The summed E-state index contributed by atoms with van der Waals surface area (Å²) in [7, 11) is 0. The number of nitrogens with one attached hydrogen (secondary N) is 1. The molecule has 0 amide bonds. The maximum atomic E-state index is 6.55. The molecule has 2 unspecified atom stereocenters. The number of rotatable bonds is 3. The van der Waals surface area contributed by atoms with E-state index < -0.39 is 0 Å². The molecule has 0 spiro atoms. The van der Waals surface area contributed by atoms with Gasteiger partial charge in [0.15, 0.2) is 5.65 Å². The smallest absolute Gasteiger partial charge is 0.163 e. The first-order valence-electron chi connectivity index (χ1n) is 9.36. The Balaban J connectivity index is 1.59. The van der Waals surface area contributed by atoms with Gasteiger partial charge in [0.2, 0.25) is 0 Å². The Morgan fingerprint density at radius 2 is 2.11 bits per heavy atom. The molecule has 0 radical (unpaired) electrons. The topological polar surface area (TPSA) is 46.5 Å². The molecule has 2 atom stereocenters. The van der Waals surface area contributed by atoms with Crippen LogP contribution in [0.25, 0.3) is 22.1 Å². The second kappa shape index (κ2) is 6.54. The minimum Gasteiger partial charge on any atom is -0.356 e. The van der Waals surface area contributed by atoms with Crippen LogP contribution in [0.4, 0.5) is 0 Å². The van der Waals surface area contributed by atoms with Crippen molar-refractivity contribution in [3.63, 3.8) is 0 Å². The standard InChI is InChI=1S/C21H20Cl2N4/c1-12-5-6-16(7-12)27-11-24-19-18-17(20(23)26-21(19)27)10-15(25-18)9-13-3-2-4-14(22)8-13/h2-4,8,10-12,16,25H,5-7,9H2,1H3. The second-order valence-electron chi connectivity index (χ2n) is 7.69. The highest BCUT2D eigenvalue weighted by Crippen LogP contribution is 2.37. The average molecular weight is 399 g/mol. The highest BCUT2D eigenvalue weighted by Gasteiger charge is 2.25. The largest absolute Gasteiger partial charge is 0.356 e. The van der Waals surface area contributed by atoms with Gasteiger partial charge >= 0.3 is 0 Å². The molecule has 0 bridgehead atoms. The van der Waals surface area contributed by atoms with Crippen LogP contribution in [0.3, 0.4) is 0 Å². The summed E-state index contributed by atoms with van der Waals surface area (Å²) >= 11 is 12.7. The second-order valence-corrected chi connectivity index (χ2v) is 8.48. The van der Waals surface area contributed by atoms with Gasteiger partial charge in [0.25, 0.3) is 0 Å². The first-order chi connectivity index (χ1) is 13.1. The van der Waals surface area contributed by atoms with Gasteiger partial charge in [-0.15, -0.1) is 0 Å². The summed E-state index contributed by atoms with van der Waals surface area (Å²) in [6.07, 6.45) is 6.29. The van der Waals surface area contributed by atoms with Crippen LogP contribution in [-0.4, -0.2) is 19.5 Å². The number of aromatic amines is 1. The summed E-state index contributed by atoms with van der Waals surface area (Å²) in [4.78, 5) is 12.9. The predicted molar refractivity (Wildman–Crippen MR) is 111 cm³/mol. The lowest BCUT2D eigenvalue weighted by atomic mass is 10.1. The predicted octanol–water partition coefficient (Wildman–Crippen LogP) is 6.17. The number of imidazole rings is 1. The number of nitrogens with zero attached hydrogens (tertiary/aromatic N) is 3. The molecule has 1 N–H and O–H groups in total. The molecular formula is C21H20Cl2N4. The van der Waals surface area contributed by atoms with Crippen molar-refractivity contribution < 1.29 is 0 Å². The van der Waals surface area contributed by atoms with E-state index in [1.807, 2.05) is 24.5 Å². The third-order valence-electron chi connectivity index (χ3n) is 5.65. The van der Waals surface area contributed by atoms with Gasteiger partial charge < -0.3 is 9.55 Å². The number of pyridine rings is 1. The fourth-order valence-corrected chi connectivity index (χ4v) is 4.76. The molecule has 1 aromatic carbocycles. The van der Waals surface area contributed by atoms with Crippen LogP contribution in [0, 0.1) is 5.92 Å². The fourth-order valence-electron chi connectivity index (χ4n) is 4.31. The van der Waals surface area contributed by atoms with Crippen LogP contribution < -0.4 is 0 Å². The summed E-state index contributed by atoms with van der Waals surface area (Å²) < 4.78 is 2.21. The zero-order valence-corrected chi connectivity index (χ0v) is 16.6. The fraction of sp³-hybridized carbons (Fsp3) is 0.333. The van der Waals surface area contributed by atoms with Crippen molar-refractivity contribution in [3.05, 3.63) is 58.1 Å². The van der Waals surface area contributed by atoms with Crippen LogP contribution in [0.2, 0.25) is 10.2 Å². The number of benzene rings is 1. The van der Waals surface area contributed by atoms with Crippen molar-refractivity contribution in [2.75, 3.05) is 0 Å². The van der Waals surface area contributed by atoms with E-state index in [0.717, 1.165) is 50.7 Å². The Morgan fingerprint density at radius 3 is 2.89 bits per heavy atom. The molecule has 3 aromatic heterocycles. The Hall–Kier alpha value is -2.04. The van der Waals surface area contributed by atoms with Gasteiger partial charge in [0.1, 0.15) is 10.7 Å². The molecule has 1 aliphatic carbocycles. The van der Waals surface area contributed by atoms with E-state index in [4.69, 9.17) is 28.2 Å². The van der Waals surface area contributed by atoms with E-state index in [2.05, 4.69) is 33.6 Å². The van der Waals surface area contributed by atoms with Crippen molar-refractivity contribution in [3.8, 4) is 0 Å². The van der Waals surface area contributed by atoms with Crippen LogP contribution >= 0.6 is 23.2 Å². The molecule has 6 heteroatoms. The molecule has 4 aromatic rings. The van der Waals surface area contributed by atoms with Gasteiger partial charge in [-0.1, -0.05) is 42.3 Å². The Bertz CT molecular complexity index is 1140. The van der Waals surface area contributed by atoms with Crippen molar-refractivity contribution in [1.82, 2.24) is 19.5 Å². The lowest BCUT2D eigenvalue weighted by Gasteiger charge is -2.12. The molecule has 5 rings (SSSR count). The zero-order valence-electron chi connectivity index (χ0n) is 15.0. The molecule has 3 heterocycles. The lowest BCUT2D eigenvalue weighted by molar-refractivity contribution is 0.502. The Labute approximate surface area is 167 Å². The minimum absolute atomic E-state index is 0.465. The van der Waals surface area contributed by atoms with Crippen molar-refractivity contribution in [2.24, 2.45) is 5.92 Å². The Kier molecular flexibility index (Phi) is 4.14. The minimum atomic E-state index is 0.465. The SMILES string of the molecule is CC1CCC(n2cnc3c4[nH]c(Cc5cccc(Cl)c5)cc4c(Cl)nc32)C1. The molecule has 4 nitrogen and oxygen atoms in total. The first kappa shape index (κ1) is 17.1. The summed E-state index contributed by atoms with van der Waals surface area (Å²) in [5.74, 6) is 0.751. The molecule has 1 saturated carbocycles. The van der Waals surface area contributed by atoms with E-state index in [0.29, 0.717) is 11.2 Å². The van der Waals surface area contributed by atoms with Gasteiger partial charge in [-0.2, -0.15) is 0 Å². The molecule has 0 aliphatic heterocycles. The molecule has 0 saturated heterocycles. The highest BCUT2D eigenvalue weighted by atomic mass is 35.5. The van der Waals surface area contributed by atoms with Gasteiger partial charge in [0, 0.05) is 28.6 Å². The molecule has 1 aliphatic rings. The van der Waals surface area contributed by atoms with E-state index in [9.17, 15) is 0 Å². The number of aromatic nitrogens is 4. The van der Waals surface area contributed by atoms with Gasteiger partial charge in [-0.05, 0) is 48.9 Å². The number of halogens is 2. The van der Waals surface area contributed by atoms with Crippen LogP contribution in [0.15, 0.2) is 36.7 Å². The van der Waals surface area contributed by atoms with Crippen molar-refractivity contribution >= 4 is 45.3 Å².